The monoisotopic (exact) mass is 420 g/mol. The summed E-state index contributed by atoms with van der Waals surface area (Å²) in [6.07, 6.45) is 6.28. The van der Waals surface area contributed by atoms with Crippen molar-refractivity contribution >= 4 is 29.1 Å². The molecule has 150 valence electrons. The lowest BCUT2D eigenvalue weighted by Gasteiger charge is -2.44. The number of aromatic nitrogens is 2. The minimum Gasteiger partial charge on any atom is -0.350 e. The van der Waals surface area contributed by atoms with Crippen molar-refractivity contribution in [1.29, 1.82) is 0 Å². The van der Waals surface area contributed by atoms with Gasteiger partial charge in [-0.05, 0) is 69.0 Å². The molecule has 2 saturated heterocycles. The molecular weight excluding hydrogens is 395 g/mol. The van der Waals surface area contributed by atoms with Gasteiger partial charge in [0, 0.05) is 30.2 Å². The molecular formula is C21H26Cl2N4O. The van der Waals surface area contributed by atoms with Crippen molar-refractivity contribution in [3.05, 3.63) is 40.0 Å². The lowest BCUT2D eigenvalue weighted by Crippen LogP contribution is -2.51. The smallest absolute Gasteiger partial charge is 0.269 e. The average molecular weight is 421 g/mol. The van der Waals surface area contributed by atoms with Crippen molar-refractivity contribution in [2.75, 3.05) is 19.6 Å². The van der Waals surface area contributed by atoms with Crippen molar-refractivity contribution in [3.63, 3.8) is 0 Å². The number of rotatable bonds is 4. The molecule has 0 bridgehead atoms. The molecule has 1 amide bonds. The molecule has 0 radical (unpaired) electrons. The van der Waals surface area contributed by atoms with Crippen LogP contribution in [-0.2, 0) is 7.05 Å². The minimum atomic E-state index is -0.0840. The number of hydrogen-bond donors (Lipinski definition) is 1. The van der Waals surface area contributed by atoms with E-state index < -0.39 is 0 Å². The predicted octanol–water partition coefficient (Wildman–Crippen LogP) is 4.39. The molecule has 3 heterocycles. The standard InChI is InChI=1S/C21H26Cl2N4O/c1-26-20(12-18(25-26)16-8-7-15(22)11-17(16)23)21(28)24-13-14-5-4-10-27-9-3-2-6-19(14)27/h7-8,11-12,14,19H,2-6,9-10,13H2,1H3,(H,24,28). The van der Waals surface area contributed by atoms with E-state index >= 15 is 0 Å². The maximum Gasteiger partial charge on any atom is 0.269 e. The molecule has 2 aliphatic rings. The highest BCUT2D eigenvalue weighted by atomic mass is 35.5. The highest BCUT2D eigenvalue weighted by Crippen LogP contribution is 2.31. The number of nitrogens with zero attached hydrogens (tertiary/aromatic N) is 3. The first-order valence-electron chi connectivity index (χ1n) is 10.0. The number of benzene rings is 1. The molecule has 7 heteroatoms. The van der Waals surface area contributed by atoms with Crippen molar-refractivity contribution in [1.82, 2.24) is 20.0 Å². The Morgan fingerprint density at radius 1 is 1.18 bits per heavy atom. The number of fused-ring (bicyclic) bond motifs is 1. The van der Waals surface area contributed by atoms with Gasteiger partial charge in [-0.2, -0.15) is 5.10 Å². The minimum absolute atomic E-state index is 0.0840. The zero-order valence-electron chi connectivity index (χ0n) is 16.1. The van der Waals surface area contributed by atoms with Gasteiger partial charge in [-0.25, -0.2) is 0 Å². The van der Waals surface area contributed by atoms with Gasteiger partial charge < -0.3 is 10.2 Å². The summed E-state index contributed by atoms with van der Waals surface area (Å²) in [5.74, 6) is 0.454. The third-order valence-electron chi connectivity index (χ3n) is 6.07. The summed E-state index contributed by atoms with van der Waals surface area (Å²) >= 11 is 12.3. The fourth-order valence-electron chi connectivity index (χ4n) is 4.64. The first-order valence-corrected chi connectivity index (χ1v) is 10.8. The van der Waals surface area contributed by atoms with Gasteiger partial charge in [0.05, 0.1) is 10.7 Å². The number of carbonyl (C=O) groups is 1. The molecule has 5 nitrogen and oxygen atoms in total. The van der Waals surface area contributed by atoms with Crippen LogP contribution in [0.25, 0.3) is 11.3 Å². The molecule has 28 heavy (non-hydrogen) atoms. The van der Waals surface area contributed by atoms with Crippen LogP contribution in [0, 0.1) is 5.92 Å². The first-order chi connectivity index (χ1) is 13.5. The van der Waals surface area contributed by atoms with Crippen LogP contribution in [0.4, 0.5) is 0 Å². The van der Waals surface area contributed by atoms with Gasteiger partial charge >= 0.3 is 0 Å². The van der Waals surface area contributed by atoms with Crippen LogP contribution in [0.5, 0.6) is 0 Å². The van der Waals surface area contributed by atoms with Crippen LogP contribution < -0.4 is 5.32 Å². The maximum atomic E-state index is 12.8. The quantitative estimate of drug-likeness (QED) is 0.797. The van der Waals surface area contributed by atoms with Crippen LogP contribution >= 0.6 is 23.2 Å². The molecule has 0 saturated carbocycles. The van der Waals surface area contributed by atoms with E-state index in [0.717, 1.165) is 12.1 Å². The summed E-state index contributed by atoms with van der Waals surface area (Å²) in [5, 5.41) is 8.72. The van der Waals surface area contributed by atoms with E-state index in [-0.39, 0.29) is 5.91 Å². The third-order valence-corrected chi connectivity index (χ3v) is 6.62. The Hall–Kier alpha value is -1.56. The van der Waals surface area contributed by atoms with E-state index in [9.17, 15) is 4.79 Å². The Morgan fingerprint density at radius 3 is 2.82 bits per heavy atom. The molecule has 2 fully saturated rings. The number of aryl methyl sites for hydroxylation is 1. The molecule has 2 atom stereocenters. The van der Waals surface area contributed by atoms with E-state index in [1.807, 2.05) is 6.07 Å². The predicted molar refractivity (Wildman–Crippen MR) is 113 cm³/mol. The molecule has 2 aliphatic heterocycles. The van der Waals surface area contributed by atoms with Crippen LogP contribution in [0.2, 0.25) is 10.0 Å². The van der Waals surface area contributed by atoms with Gasteiger partial charge in [0.2, 0.25) is 0 Å². The van der Waals surface area contributed by atoms with Gasteiger partial charge in [-0.15, -0.1) is 0 Å². The number of carbonyl (C=O) groups excluding carboxylic acids is 1. The molecule has 4 rings (SSSR count). The molecule has 0 aliphatic carbocycles. The van der Waals surface area contributed by atoms with E-state index in [0.29, 0.717) is 33.4 Å². The summed E-state index contributed by atoms with van der Waals surface area (Å²) in [4.78, 5) is 15.4. The van der Waals surface area contributed by atoms with E-state index in [2.05, 4.69) is 15.3 Å². The van der Waals surface area contributed by atoms with Gasteiger partial charge in [0.1, 0.15) is 5.69 Å². The second-order valence-corrected chi connectivity index (χ2v) is 8.72. The second kappa shape index (κ2) is 8.44. The zero-order chi connectivity index (χ0) is 19.7. The summed E-state index contributed by atoms with van der Waals surface area (Å²) in [6, 6.07) is 7.70. The fraction of sp³-hybridized carbons (Fsp3) is 0.524. The van der Waals surface area contributed by atoms with Crippen molar-refractivity contribution in [2.45, 2.75) is 38.1 Å². The lowest BCUT2D eigenvalue weighted by atomic mass is 9.83. The van der Waals surface area contributed by atoms with Crippen LogP contribution in [-0.4, -0.2) is 46.3 Å². The average Bonchev–Trinajstić information content (AvgIpc) is 3.07. The summed E-state index contributed by atoms with van der Waals surface area (Å²) in [6.45, 7) is 3.15. The van der Waals surface area contributed by atoms with Crippen LogP contribution in [0.3, 0.4) is 0 Å². The Morgan fingerprint density at radius 2 is 2.00 bits per heavy atom. The highest BCUT2D eigenvalue weighted by Gasteiger charge is 2.33. The first kappa shape index (κ1) is 19.7. The third kappa shape index (κ3) is 4.07. The fourth-order valence-corrected chi connectivity index (χ4v) is 5.14. The Labute approximate surface area is 176 Å². The van der Waals surface area contributed by atoms with Gasteiger partial charge in [0.25, 0.3) is 5.91 Å². The molecule has 0 spiro atoms. The second-order valence-electron chi connectivity index (χ2n) is 7.87. The van der Waals surface area contributed by atoms with Crippen molar-refractivity contribution < 1.29 is 4.79 Å². The summed E-state index contributed by atoms with van der Waals surface area (Å²) in [5.41, 5.74) is 1.98. The van der Waals surface area contributed by atoms with Crippen LogP contribution in [0.1, 0.15) is 42.6 Å². The molecule has 2 aromatic rings. The normalized spacial score (nSPS) is 22.7. The summed E-state index contributed by atoms with van der Waals surface area (Å²) in [7, 11) is 1.78. The number of nitrogens with one attached hydrogen (secondary N) is 1. The van der Waals surface area contributed by atoms with Crippen LogP contribution in [0.15, 0.2) is 24.3 Å². The van der Waals surface area contributed by atoms with Gasteiger partial charge in [0.15, 0.2) is 0 Å². The SMILES string of the molecule is Cn1nc(-c2ccc(Cl)cc2Cl)cc1C(=O)NCC1CCCN2CCCCC12. The van der Waals surface area contributed by atoms with Gasteiger partial charge in [-0.3, -0.25) is 9.48 Å². The van der Waals surface area contributed by atoms with Crippen molar-refractivity contribution in [3.8, 4) is 11.3 Å². The lowest BCUT2D eigenvalue weighted by molar-refractivity contribution is 0.0574. The number of piperidine rings is 2. The highest BCUT2D eigenvalue weighted by molar-refractivity contribution is 6.36. The Bertz CT molecular complexity index is 864. The topological polar surface area (TPSA) is 50.2 Å². The molecule has 1 aromatic carbocycles. The number of amides is 1. The van der Waals surface area contributed by atoms with E-state index in [4.69, 9.17) is 23.2 Å². The zero-order valence-corrected chi connectivity index (χ0v) is 17.6. The Kier molecular flexibility index (Phi) is 5.95. The summed E-state index contributed by atoms with van der Waals surface area (Å²) < 4.78 is 1.61. The largest absolute Gasteiger partial charge is 0.350 e. The number of hydrogen-bond acceptors (Lipinski definition) is 3. The molecule has 1 aromatic heterocycles. The van der Waals surface area contributed by atoms with Crippen molar-refractivity contribution in [2.24, 2.45) is 13.0 Å². The van der Waals surface area contributed by atoms with E-state index in [1.165, 1.54) is 45.2 Å². The molecule has 1 N–H and O–H groups in total. The molecule has 2 unspecified atom stereocenters. The van der Waals surface area contributed by atoms with E-state index in [1.54, 1.807) is 29.9 Å². The Balaban J connectivity index is 1.44. The maximum absolute atomic E-state index is 12.8. The number of halogens is 2. The van der Waals surface area contributed by atoms with Gasteiger partial charge in [-0.1, -0.05) is 29.6 Å².